The lowest BCUT2D eigenvalue weighted by Gasteiger charge is -2.32. The Bertz CT molecular complexity index is 902. The topological polar surface area (TPSA) is 86.7 Å². The first-order valence-electron chi connectivity index (χ1n) is 9.35. The van der Waals surface area contributed by atoms with E-state index in [9.17, 15) is 14.4 Å². The summed E-state index contributed by atoms with van der Waals surface area (Å²) in [4.78, 5) is 38.4. The van der Waals surface area contributed by atoms with Gasteiger partial charge in [-0.2, -0.15) is 0 Å². The number of nitrogens with zero attached hydrogens (tertiary/aromatic N) is 1. The van der Waals surface area contributed by atoms with Gasteiger partial charge in [0.15, 0.2) is 0 Å². The van der Waals surface area contributed by atoms with Gasteiger partial charge in [-0.25, -0.2) is 4.79 Å². The van der Waals surface area contributed by atoms with Gasteiger partial charge in [0, 0.05) is 24.3 Å². The van der Waals surface area contributed by atoms with Crippen molar-refractivity contribution in [1.82, 2.24) is 4.90 Å². The summed E-state index contributed by atoms with van der Waals surface area (Å²) < 4.78 is 0. The number of piperidine rings is 1. The predicted molar refractivity (Wildman–Crippen MR) is 107 cm³/mol. The molecule has 2 amide bonds. The molecule has 1 fully saturated rings. The normalized spacial score (nSPS) is 16.5. The maximum atomic E-state index is 12.9. The van der Waals surface area contributed by atoms with E-state index in [0.717, 1.165) is 17.5 Å². The Hall–Kier alpha value is -3.15. The number of carboxylic acids is 1. The summed E-state index contributed by atoms with van der Waals surface area (Å²) in [5.41, 5.74) is 3.28. The van der Waals surface area contributed by atoms with E-state index < -0.39 is 5.97 Å². The van der Waals surface area contributed by atoms with Crippen LogP contribution in [0.1, 0.15) is 44.7 Å². The second kappa shape index (κ2) is 8.25. The molecular formula is C22H24N2O4. The molecule has 1 heterocycles. The van der Waals surface area contributed by atoms with Gasteiger partial charge in [0.2, 0.25) is 5.91 Å². The molecule has 1 aliphatic rings. The molecule has 0 radical (unpaired) electrons. The van der Waals surface area contributed by atoms with Crippen LogP contribution in [-0.4, -0.2) is 40.9 Å². The monoisotopic (exact) mass is 380 g/mol. The molecule has 2 aromatic carbocycles. The molecule has 6 heteroatoms. The quantitative estimate of drug-likeness (QED) is 0.850. The molecule has 0 aliphatic carbocycles. The van der Waals surface area contributed by atoms with Crippen molar-refractivity contribution < 1.29 is 19.5 Å². The minimum atomic E-state index is -1.04. The fourth-order valence-corrected chi connectivity index (χ4v) is 3.63. The average molecular weight is 380 g/mol. The molecule has 6 nitrogen and oxygen atoms in total. The smallest absolute Gasteiger partial charge is 0.335 e. The fourth-order valence-electron chi connectivity index (χ4n) is 3.63. The Morgan fingerprint density at radius 3 is 2.43 bits per heavy atom. The fraction of sp³-hybridized carbons (Fsp3) is 0.318. The standard InChI is InChI=1S/C22H24N2O4/c1-14-9-15(2)11-18(10-14)21(26)24-8-4-6-17(13-24)20(25)23-19-7-3-5-16(12-19)22(27)28/h3,5,7,9-12,17H,4,6,8,13H2,1-2H3,(H,23,25)(H,27,28). The van der Waals surface area contributed by atoms with Gasteiger partial charge >= 0.3 is 5.97 Å². The number of amides is 2. The third-order valence-electron chi connectivity index (χ3n) is 4.93. The largest absolute Gasteiger partial charge is 0.478 e. The summed E-state index contributed by atoms with van der Waals surface area (Å²) in [6.07, 6.45) is 1.45. The number of hydrogen-bond donors (Lipinski definition) is 2. The van der Waals surface area contributed by atoms with Crippen molar-refractivity contribution in [3.05, 3.63) is 64.7 Å². The molecule has 3 rings (SSSR count). The molecule has 1 aliphatic heterocycles. The molecule has 146 valence electrons. The molecular weight excluding hydrogens is 356 g/mol. The SMILES string of the molecule is Cc1cc(C)cc(C(=O)N2CCCC(C(=O)Nc3cccc(C(=O)O)c3)C2)c1. The van der Waals surface area contributed by atoms with Crippen LogP contribution in [0.2, 0.25) is 0 Å². The van der Waals surface area contributed by atoms with Gasteiger partial charge in [-0.15, -0.1) is 0 Å². The Labute approximate surface area is 164 Å². The van der Waals surface area contributed by atoms with Gasteiger partial charge in [0.1, 0.15) is 0 Å². The summed E-state index contributed by atoms with van der Waals surface area (Å²) in [6.45, 7) is 4.91. The minimum Gasteiger partial charge on any atom is -0.478 e. The first kappa shape index (κ1) is 19.6. The van der Waals surface area contributed by atoms with Gasteiger partial charge in [-0.3, -0.25) is 9.59 Å². The van der Waals surface area contributed by atoms with E-state index in [1.54, 1.807) is 17.0 Å². The number of carbonyl (C=O) groups excluding carboxylic acids is 2. The van der Waals surface area contributed by atoms with Crippen molar-refractivity contribution in [2.45, 2.75) is 26.7 Å². The Balaban J connectivity index is 1.68. The Morgan fingerprint density at radius 1 is 1.04 bits per heavy atom. The predicted octanol–water partition coefficient (Wildman–Crippen LogP) is 3.49. The van der Waals surface area contributed by atoms with E-state index in [0.29, 0.717) is 30.8 Å². The number of likely N-dealkylation sites (tertiary alicyclic amines) is 1. The first-order chi connectivity index (χ1) is 13.3. The molecule has 2 N–H and O–H groups in total. The van der Waals surface area contributed by atoms with Crippen LogP contribution in [0.15, 0.2) is 42.5 Å². The minimum absolute atomic E-state index is 0.0582. The van der Waals surface area contributed by atoms with Crippen LogP contribution < -0.4 is 5.32 Å². The van der Waals surface area contributed by atoms with Crippen molar-refractivity contribution in [2.24, 2.45) is 5.92 Å². The number of nitrogens with one attached hydrogen (secondary N) is 1. The van der Waals surface area contributed by atoms with Crippen molar-refractivity contribution in [3.8, 4) is 0 Å². The molecule has 0 bridgehead atoms. The maximum absolute atomic E-state index is 12.9. The molecule has 1 atom stereocenters. The zero-order chi connectivity index (χ0) is 20.3. The van der Waals surface area contributed by atoms with Gasteiger partial charge < -0.3 is 15.3 Å². The van der Waals surface area contributed by atoms with Crippen LogP contribution in [0.5, 0.6) is 0 Å². The summed E-state index contributed by atoms with van der Waals surface area (Å²) >= 11 is 0. The van der Waals surface area contributed by atoms with E-state index in [1.807, 2.05) is 32.0 Å². The average Bonchev–Trinajstić information content (AvgIpc) is 2.67. The third kappa shape index (κ3) is 4.57. The molecule has 28 heavy (non-hydrogen) atoms. The lowest BCUT2D eigenvalue weighted by atomic mass is 9.96. The van der Waals surface area contributed by atoms with E-state index in [-0.39, 0.29) is 23.3 Å². The van der Waals surface area contributed by atoms with Crippen molar-refractivity contribution in [1.29, 1.82) is 0 Å². The van der Waals surface area contributed by atoms with E-state index in [1.165, 1.54) is 12.1 Å². The van der Waals surface area contributed by atoms with Crippen LogP contribution in [0, 0.1) is 19.8 Å². The highest BCUT2D eigenvalue weighted by Crippen LogP contribution is 2.22. The molecule has 1 unspecified atom stereocenters. The van der Waals surface area contributed by atoms with Crippen LogP contribution in [0.4, 0.5) is 5.69 Å². The van der Waals surface area contributed by atoms with Crippen LogP contribution in [-0.2, 0) is 4.79 Å². The summed E-state index contributed by atoms with van der Waals surface area (Å²) in [5.74, 6) is -1.62. The highest BCUT2D eigenvalue weighted by molar-refractivity contribution is 5.97. The summed E-state index contributed by atoms with van der Waals surface area (Å²) in [6, 6.07) is 11.9. The molecule has 2 aromatic rings. The number of carbonyl (C=O) groups is 3. The van der Waals surface area contributed by atoms with Crippen molar-refractivity contribution in [2.75, 3.05) is 18.4 Å². The number of benzene rings is 2. The van der Waals surface area contributed by atoms with Crippen LogP contribution in [0.3, 0.4) is 0 Å². The van der Waals surface area contributed by atoms with Gasteiger partial charge in [-0.05, 0) is 57.0 Å². The van der Waals surface area contributed by atoms with Gasteiger partial charge in [0.05, 0.1) is 11.5 Å². The van der Waals surface area contributed by atoms with Gasteiger partial charge in [-0.1, -0.05) is 23.3 Å². The number of carboxylic acid groups (broad SMARTS) is 1. The van der Waals surface area contributed by atoms with E-state index >= 15 is 0 Å². The van der Waals surface area contributed by atoms with Crippen LogP contribution >= 0.6 is 0 Å². The highest BCUT2D eigenvalue weighted by atomic mass is 16.4. The van der Waals surface area contributed by atoms with Gasteiger partial charge in [0.25, 0.3) is 5.91 Å². The summed E-state index contributed by atoms with van der Waals surface area (Å²) in [7, 11) is 0. The number of anilines is 1. The second-order valence-electron chi connectivity index (χ2n) is 7.34. The van der Waals surface area contributed by atoms with Crippen molar-refractivity contribution in [3.63, 3.8) is 0 Å². The lowest BCUT2D eigenvalue weighted by molar-refractivity contribution is -0.121. The Kier molecular flexibility index (Phi) is 5.78. The molecule has 0 saturated carbocycles. The lowest BCUT2D eigenvalue weighted by Crippen LogP contribution is -2.43. The second-order valence-corrected chi connectivity index (χ2v) is 7.34. The maximum Gasteiger partial charge on any atom is 0.335 e. The number of hydrogen-bond acceptors (Lipinski definition) is 3. The third-order valence-corrected chi connectivity index (χ3v) is 4.93. The van der Waals surface area contributed by atoms with Crippen molar-refractivity contribution >= 4 is 23.5 Å². The number of rotatable bonds is 4. The number of aryl methyl sites for hydroxylation is 2. The van der Waals surface area contributed by atoms with Crippen LogP contribution in [0.25, 0.3) is 0 Å². The molecule has 1 saturated heterocycles. The van der Waals surface area contributed by atoms with E-state index in [2.05, 4.69) is 5.32 Å². The van der Waals surface area contributed by atoms with E-state index in [4.69, 9.17) is 5.11 Å². The molecule has 0 aromatic heterocycles. The number of aromatic carboxylic acids is 1. The summed E-state index contributed by atoms with van der Waals surface area (Å²) in [5, 5.41) is 11.9. The Morgan fingerprint density at radius 2 is 1.75 bits per heavy atom. The zero-order valence-corrected chi connectivity index (χ0v) is 16.1. The zero-order valence-electron chi connectivity index (χ0n) is 16.1. The molecule has 0 spiro atoms. The highest BCUT2D eigenvalue weighted by Gasteiger charge is 2.29. The first-order valence-corrected chi connectivity index (χ1v) is 9.35.